The van der Waals surface area contributed by atoms with Crippen LogP contribution in [0.25, 0.3) is 0 Å². The van der Waals surface area contributed by atoms with Crippen molar-refractivity contribution in [2.75, 3.05) is 21.3 Å². The molecule has 134 valence electrons. The second-order valence-electron chi connectivity index (χ2n) is 4.73. The number of halogens is 1. The van der Waals surface area contributed by atoms with Gasteiger partial charge in [0.2, 0.25) is 5.75 Å². The molecule has 0 aliphatic carbocycles. The molecule has 9 heteroatoms. The van der Waals surface area contributed by atoms with Gasteiger partial charge < -0.3 is 14.2 Å². The summed E-state index contributed by atoms with van der Waals surface area (Å²) in [5.41, 5.74) is 0.527. The molecule has 0 radical (unpaired) electrons. The predicted molar refractivity (Wildman–Crippen MR) is 98.2 cm³/mol. The Morgan fingerprint density at radius 1 is 0.960 bits per heavy atom. The van der Waals surface area contributed by atoms with Crippen LogP contribution < -0.4 is 19.0 Å². The lowest BCUT2D eigenvalue weighted by atomic mass is 10.2. The number of hydrogen-bond donors (Lipinski definition) is 1. The van der Waals surface area contributed by atoms with Crippen molar-refractivity contribution in [3.8, 4) is 17.2 Å². The SMILES string of the molecule is COc1ccc(/C=N\NS(=O)(=O)c2ccc(Br)cc2)c(OC)c1OC. The molecule has 0 spiro atoms. The number of benzene rings is 2. The van der Waals surface area contributed by atoms with Crippen LogP contribution in [0.15, 0.2) is 50.9 Å². The molecule has 0 fully saturated rings. The van der Waals surface area contributed by atoms with Gasteiger partial charge in [0.15, 0.2) is 11.5 Å². The summed E-state index contributed by atoms with van der Waals surface area (Å²) in [5, 5.41) is 3.80. The molecule has 0 aliphatic heterocycles. The number of methoxy groups -OCH3 is 3. The van der Waals surface area contributed by atoms with Crippen molar-refractivity contribution in [3.05, 3.63) is 46.4 Å². The van der Waals surface area contributed by atoms with Gasteiger partial charge in [-0.3, -0.25) is 0 Å². The number of nitrogens with one attached hydrogen (secondary N) is 1. The quantitative estimate of drug-likeness (QED) is 0.541. The third kappa shape index (κ3) is 4.43. The van der Waals surface area contributed by atoms with E-state index in [1.54, 1.807) is 24.3 Å². The number of nitrogens with zero attached hydrogens (tertiary/aromatic N) is 1. The van der Waals surface area contributed by atoms with E-state index in [0.29, 0.717) is 22.8 Å². The zero-order valence-electron chi connectivity index (χ0n) is 13.8. The first-order valence-electron chi connectivity index (χ1n) is 7.02. The average molecular weight is 429 g/mol. The Morgan fingerprint density at radius 3 is 2.16 bits per heavy atom. The van der Waals surface area contributed by atoms with Crippen molar-refractivity contribution in [1.82, 2.24) is 4.83 Å². The van der Waals surface area contributed by atoms with Crippen LogP contribution in [0, 0.1) is 0 Å². The van der Waals surface area contributed by atoms with E-state index in [-0.39, 0.29) is 4.90 Å². The fourth-order valence-electron chi connectivity index (χ4n) is 2.06. The molecule has 2 aromatic carbocycles. The molecule has 2 aromatic rings. The molecule has 0 heterocycles. The van der Waals surface area contributed by atoms with Gasteiger partial charge in [0.25, 0.3) is 10.0 Å². The third-order valence-electron chi connectivity index (χ3n) is 3.24. The second kappa shape index (κ2) is 8.21. The lowest BCUT2D eigenvalue weighted by Crippen LogP contribution is -2.18. The van der Waals surface area contributed by atoms with Crippen LogP contribution in [-0.2, 0) is 10.0 Å². The minimum Gasteiger partial charge on any atom is -0.493 e. The summed E-state index contributed by atoms with van der Waals surface area (Å²) in [6, 6.07) is 9.56. The van der Waals surface area contributed by atoms with E-state index in [2.05, 4.69) is 25.9 Å². The minimum atomic E-state index is -3.76. The van der Waals surface area contributed by atoms with E-state index in [9.17, 15) is 8.42 Å². The van der Waals surface area contributed by atoms with E-state index in [4.69, 9.17) is 14.2 Å². The zero-order chi connectivity index (χ0) is 18.4. The summed E-state index contributed by atoms with van der Waals surface area (Å²) in [6.45, 7) is 0. The van der Waals surface area contributed by atoms with Gasteiger partial charge in [-0.05, 0) is 36.4 Å². The van der Waals surface area contributed by atoms with Gasteiger partial charge in [-0.1, -0.05) is 15.9 Å². The number of hydrazone groups is 1. The van der Waals surface area contributed by atoms with Crippen molar-refractivity contribution in [2.45, 2.75) is 4.90 Å². The van der Waals surface area contributed by atoms with Crippen molar-refractivity contribution >= 4 is 32.2 Å². The molecule has 0 saturated carbocycles. The molecule has 0 amide bonds. The normalized spacial score (nSPS) is 11.4. The molecule has 7 nitrogen and oxygen atoms in total. The van der Waals surface area contributed by atoms with Crippen molar-refractivity contribution < 1.29 is 22.6 Å². The van der Waals surface area contributed by atoms with Crippen molar-refractivity contribution in [1.29, 1.82) is 0 Å². The maximum absolute atomic E-state index is 12.2. The monoisotopic (exact) mass is 428 g/mol. The Morgan fingerprint density at radius 2 is 1.60 bits per heavy atom. The highest BCUT2D eigenvalue weighted by Gasteiger charge is 2.15. The maximum Gasteiger partial charge on any atom is 0.276 e. The Hall–Kier alpha value is -2.26. The van der Waals surface area contributed by atoms with Crippen LogP contribution >= 0.6 is 15.9 Å². The standard InChI is InChI=1S/C16H17BrN2O5S/c1-22-14-9-4-11(15(23-2)16(14)24-3)10-18-19-25(20,21)13-7-5-12(17)6-8-13/h4-10,19H,1-3H3/b18-10-. The topological polar surface area (TPSA) is 86.2 Å². The molecule has 0 unspecified atom stereocenters. The lowest BCUT2D eigenvalue weighted by Gasteiger charge is -2.13. The minimum absolute atomic E-state index is 0.104. The van der Waals surface area contributed by atoms with Gasteiger partial charge in [-0.15, -0.1) is 0 Å². The van der Waals surface area contributed by atoms with E-state index < -0.39 is 10.0 Å². The van der Waals surface area contributed by atoms with Crippen LogP contribution in [0.1, 0.15) is 5.56 Å². The van der Waals surface area contributed by atoms with Crippen LogP contribution in [0.5, 0.6) is 17.2 Å². The Labute approximate surface area is 154 Å². The Bertz CT molecular complexity index is 867. The zero-order valence-corrected chi connectivity index (χ0v) is 16.2. The first-order chi connectivity index (χ1) is 11.9. The fourth-order valence-corrected chi connectivity index (χ4v) is 3.11. The van der Waals surface area contributed by atoms with Crippen LogP contribution in [0.2, 0.25) is 0 Å². The first-order valence-corrected chi connectivity index (χ1v) is 9.30. The van der Waals surface area contributed by atoms with Gasteiger partial charge in [-0.25, -0.2) is 4.83 Å². The van der Waals surface area contributed by atoms with Crippen LogP contribution in [0.3, 0.4) is 0 Å². The largest absolute Gasteiger partial charge is 0.493 e. The third-order valence-corrected chi connectivity index (χ3v) is 5.00. The van der Waals surface area contributed by atoms with Gasteiger partial charge in [0.05, 0.1) is 32.4 Å². The maximum atomic E-state index is 12.2. The van der Waals surface area contributed by atoms with Gasteiger partial charge in [-0.2, -0.15) is 13.5 Å². The van der Waals surface area contributed by atoms with Gasteiger partial charge in [0, 0.05) is 10.0 Å². The molecule has 1 N–H and O–H groups in total. The summed E-state index contributed by atoms with van der Waals surface area (Å²) in [4.78, 5) is 2.26. The van der Waals surface area contributed by atoms with Crippen LogP contribution in [-0.4, -0.2) is 36.0 Å². The van der Waals surface area contributed by atoms with Gasteiger partial charge >= 0.3 is 0 Å². The number of ether oxygens (including phenoxy) is 3. The first kappa shape index (κ1) is 19.1. The molecule has 2 rings (SSSR count). The summed E-state index contributed by atoms with van der Waals surface area (Å²) in [6.07, 6.45) is 1.33. The summed E-state index contributed by atoms with van der Waals surface area (Å²) in [7, 11) is 0.707. The van der Waals surface area contributed by atoms with E-state index in [0.717, 1.165) is 4.47 Å². The highest BCUT2D eigenvalue weighted by Crippen LogP contribution is 2.38. The average Bonchev–Trinajstić information content (AvgIpc) is 2.61. The Balaban J connectivity index is 2.26. The number of rotatable bonds is 7. The highest BCUT2D eigenvalue weighted by molar-refractivity contribution is 9.10. The highest BCUT2D eigenvalue weighted by atomic mass is 79.9. The summed E-state index contributed by atoms with van der Waals surface area (Å²) in [5.74, 6) is 1.27. The second-order valence-corrected chi connectivity index (χ2v) is 7.31. The fraction of sp³-hybridized carbons (Fsp3) is 0.188. The molecule has 25 heavy (non-hydrogen) atoms. The molecule has 0 bridgehead atoms. The Kier molecular flexibility index (Phi) is 6.27. The molecule has 0 aliphatic rings. The van der Waals surface area contributed by atoms with Gasteiger partial charge in [0.1, 0.15) is 0 Å². The van der Waals surface area contributed by atoms with Crippen LogP contribution in [0.4, 0.5) is 0 Å². The number of hydrogen-bond acceptors (Lipinski definition) is 6. The molecule has 0 aromatic heterocycles. The van der Waals surface area contributed by atoms with Crippen molar-refractivity contribution in [3.63, 3.8) is 0 Å². The lowest BCUT2D eigenvalue weighted by molar-refractivity contribution is 0.324. The predicted octanol–water partition coefficient (Wildman–Crippen LogP) is 2.79. The molecule has 0 atom stereocenters. The molecule has 0 saturated heterocycles. The molecular formula is C16H17BrN2O5S. The van der Waals surface area contributed by atoms with E-state index in [1.165, 1.54) is 39.7 Å². The molecular weight excluding hydrogens is 412 g/mol. The summed E-state index contributed by atoms with van der Waals surface area (Å²) >= 11 is 3.26. The van der Waals surface area contributed by atoms with E-state index in [1.807, 2.05) is 0 Å². The number of sulfonamides is 1. The smallest absolute Gasteiger partial charge is 0.276 e. The van der Waals surface area contributed by atoms with E-state index >= 15 is 0 Å². The van der Waals surface area contributed by atoms with Crippen molar-refractivity contribution in [2.24, 2.45) is 5.10 Å². The summed E-state index contributed by atoms with van der Waals surface area (Å²) < 4.78 is 41.0.